The summed E-state index contributed by atoms with van der Waals surface area (Å²) < 4.78 is 11.6. The third-order valence-electron chi connectivity index (χ3n) is 5.10. The van der Waals surface area contributed by atoms with Crippen LogP contribution in [0.3, 0.4) is 0 Å². The summed E-state index contributed by atoms with van der Waals surface area (Å²) in [6.45, 7) is 7.67. The van der Waals surface area contributed by atoms with E-state index in [2.05, 4.69) is 45.0 Å². The van der Waals surface area contributed by atoms with Crippen molar-refractivity contribution in [2.24, 2.45) is 5.41 Å². The van der Waals surface area contributed by atoms with Crippen LogP contribution < -0.4 is 0 Å². The molecule has 2 aliphatic rings. The Labute approximate surface area is 133 Å². The van der Waals surface area contributed by atoms with E-state index in [4.69, 9.17) is 9.47 Å². The van der Waals surface area contributed by atoms with Gasteiger partial charge in [-0.2, -0.15) is 0 Å². The van der Waals surface area contributed by atoms with Crippen molar-refractivity contribution in [3.63, 3.8) is 0 Å². The van der Waals surface area contributed by atoms with Gasteiger partial charge in [-0.1, -0.05) is 45.0 Å². The predicted molar refractivity (Wildman–Crippen MR) is 86.7 cm³/mol. The van der Waals surface area contributed by atoms with Crippen LogP contribution in [0, 0.1) is 5.41 Å². The standard InChI is InChI=1S/C19H28O3/c1-18(2,3)17(20)16-6-4-14(5-7-16)15-8-10-19(11-9-15)21-12-13-22-19/h4-7,15,17,20H,8-13H2,1-3H3. The van der Waals surface area contributed by atoms with Gasteiger partial charge in [-0.15, -0.1) is 0 Å². The van der Waals surface area contributed by atoms with Crippen molar-refractivity contribution in [3.05, 3.63) is 35.4 Å². The van der Waals surface area contributed by atoms with Crippen molar-refractivity contribution < 1.29 is 14.6 Å². The average molecular weight is 304 g/mol. The molecular formula is C19H28O3. The van der Waals surface area contributed by atoms with Gasteiger partial charge in [-0.3, -0.25) is 0 Å². The number of hydrogen-bond donors (Lipinski definition) is 1. The first-order valence-electron chi connectivity index (χ1n) is 8.45. The van der Waals surface area contributed by atoms with E-state index in [1.165, 1.54) is 5.56 Å². The van der Waals surface area contributed by atoms with Crippen LogP contribution in [-0.2, 0) is 9.47 Å². The molecule has 1 aliphatic carbocycles. The van der Waals surface area contributed by atoms with Gasteiger partial charge in [-0.05, 0) is 35.3 Å². The Hall–Kier alpha value is -0.900. The van der Waals surface area contributed by atoms with E-state index < -0.39 is 6.10 Å². The molecule has 1 unspecified atom stereocenters. The molecule has 0 radical (unpaired) electrons. The first-order valence-corrected chi connectivity index (χ1v) is 8.45. The van der Waals surface area contributed by atoms with E-state index in [1.807, 2.05) is 0 Å². The van der Waals surface area contributed by atoms with Crippen LogP contribution in [0.2, 0.25) is 0 Å². The maximum atomic E-state index is 10.4. The molecule has 1 aromatic rings. The maximum absolute atomic E-state index is 10.4. The van der Waals surface area contributed by atoms with Crippen LogP contribution in [0.15, 0.2) is 24.3 Å². The summed E-state index contributed by atoms with van der Waals surface area (Å²) >= 11 is 0. The molecule has 1 aliphatic heterocycles. The van der Waals surface area contributed by atoms with Gasteiger partial charge in [-0.25, -0.2) is 0 Å². The number of ether oxygens (including phenoxy) is 2. The molecule has 1 atom stereocenters. The van der Waals surface area contributed by atoms with Crippen LogP contribution >= 0.6 is 0 Å². The Morgan fingerprint density at radius 1 is 1.05 bits per heavy atom. The summed E-state index contributed by atoms with van der Waals surface area (Å²) in [5.41, 5.74) is 2.25. The highest BCUT2D eigenvalue weighted by Crippen LogP contribution is 2.42. The van der Waals surface area contributed by atoms with E-state index in [0.717, 1.165) is 44.5 Å². The van der Waals surface area contributed by atoms with E-state index in [-0.39, 0.29) is 11.2 Å². The first-order chi connectivity index (χ1) is 10.4. The van der Waals surface area contributed by atoms with Gasteiger partial charge in [0.15, 0.2) is 5.79 Å². The Kier molecular flexibility index (Phi) is 4.32. The molecule has 3 nitrogen and oxygen atoms in total. The summed E-state index contributed by atoms with van der Waals surface area (Å²) in [6.07, 6.45) is 3.78. The fourth-order valence-electron chi connectivity index (χ4n) is 3.63. The molecule has 0 amide bonds. The van der Waals surface area contributed by atoms with E-state index >= 15 is 0 Å². The van der Waals surface area contributed by atoms with Crippen LogP contribution in [0.5, 0.6) is 0 Å². The second-order valence-electron chi connectivity index (χ2n) is 7.82. The van der Waals surface area contributed by atoms with Crippen LogP contribution in [0.4, 0.5) is 0 Å². The highest BCUT2D eigenvalue weighted by molar-refractivity contribution is 5.28. The van der Waals surface area contributed by atoms with Gasteiger partial charge >= 0.3 is 0 Å². The monoisotopic (exact) mass is 304 g/mol. The fraction of sp³-hybridized carbons (Fsp3) is 0.684. The molecule has 122 valence electrons. The molecule has 1 saturated heterocycles. The minimum absolute atomic E-state index is 0.129. The molecule has 0 bridgehead atoms. The van der Waals surface area contributed by atoms with Crippen molar-refractivity contribution in [1.82, 2.24) is 0 Å². The molecule has 22 heavy (non-hydrogen) atoms. The highest BCUT2D eigenvalue weighted by atomic mass is 16.7. The Morgan fingerprint density at radius 3 is 2.09 bits per heavy atom. The van der Waals surface area contributed by atoms with Gasteiger partial charge in [0.25, 0.3) is 0 Å². The Bertz CT molecular complexity index is 484. The second-order valence-corrected chi connectivity index (χ2v) is 7.82. The number of hydrogen-bond acceptors (Lipinski definition) is 3. The maximum Gasteiger partial charge on any atom is 0.168 e. The van der Waals surface area contributed by atoms with Crippen LogP contribution in [0.1, 0.15) is 69.6 Å². The minimum atomic E-state index is -0.420. The molecule has 3 heteroatoms. The molecular weight excluding hydrogens is 276 g/mol. The predicted octanol–water partition coefficient (Wildman–Crippen LogP) is 4.17. The molecule has 2 fully saturated rings. The fourth-order valence-corrected chi connectivity index (χ4v) is 3.63. The van der Waals surface area contributed by atoms with Crippen molar-refractivity contribution >= 4 is 0 Å². The number of rotatable bonds is 2. The SMILES string of the molecule is CC(C)(C)C(O)c1ccc(C2CCC3(CC2)OCCO3)cc1. The van der Waals surface area contributed by atoms with Gasteiger partial charge < -0.3 is 14.6 Å². The van der Waals surface area contributed by atoms with E-state index in [1.54, 1.807) is 0 Å². The third-order valence-corrected chi connectivity index (χ3v) is 5.10. The smallest absolute Gasteiger partial charge is 0.168 e. The molecule has 1 saturated carbocycles. The molecule has 0 aromatic heterocycles. The van der Waals surface area contributed by atoms with Gasteiger partial charge in [0.05, 0.1) is 19.3 Å². The summed E-state index contributed by atoms with van der Waals surface area (Å²) in [5, 5.41) is 10.4. The van der Waals surface area contributed by atoms with Crippen molar-refractivity contribution in [1.29, 1.82) is 0 Å². The van der Waals surface area contributed by atoms with Gasteiger partial charge in [0.2, 0.25) is 0 Å². The lowest BCUT2D eigenvalue weighted by Gasteiger charge is -2.35. The number of aliphatic hydroxyl groups is 1. The normalized spacial score (nSPS) is 23.8. The van der Waals surface area contributed by atoms with Crippen LogP contribution in [-0.4, -0.2) is 24.1 Å². The van der Waals surface area contributed by atoms with E-state index in [0.29, 0.717) is 5.92 Å². The number of aliphatic hydroxyl groups excluding tert-OH is 1. The molecule has 1 spiro atoms. The van der Waals surface area contributed by atoms with Crippen molar-refractivity contribution in [2.45, 2.75) is 64.3 Å². The second kappa shape index (κ2) is 5.95. The summed E-state index contributed by atoms with van der Waals surface area (Å²) in [4.78, 5) is 0. The summed E-state index contributed by atoms with van der Waals surface area (Å²) in [6, 6.07) is 8.53. The van der Waals surface area contributed by atoms with Crippen molar-refractivity contribution in [3.8, 4) is 0 Å². The first kappa shape index (κ1) is 16.0. The number of benzene rings is 1. The van der Waals surface area contributed by atoms with Gasteiger partial charge in [0.1, 0.15) is 0 Å². The average Bonchev–Trinajstić information content (AvgIpc) is 2.95. The zero-order chi connectivity index (χ0) is 15.8. The lowest BCUT2D eigenvalue weighted by molar-refractivity contribution is -0.178. The lowest BCUT2D eigenvalue weighted by Crippen LogP contribution is -2.34. The molecule has 1 N–H and O–H groups in total. The Morgan fingerprint density at radius 2 is 1.59 bits per heavy atom. The quantitative estimate of drug-likeness (QED) is 0.891. The van der Waals surface area contributed by atoms with E-state index in [9.17, 15) is 5.11 Å². The zero-order valence-electron chi connectivity index (χ0n) is 14.0. The molecule has 1 aromatic carbocycles. The lowest BCUT2D eigenvalue weighted by atomic mass is 9.80. The highest BCUT2D eigenvalue weighted by Gasteiger charge is 2.40. The largest absolute Gasteiger partial charge is 0.388 e. The van der Waals surface area contributed by atoms with Gasteiger partial charge in [0, 0.05) is 12.8 Å². The topological polar surface area (TPSA) is 38.7 Å². The zero-order valence-corrected chi connectivity index (χ0v) is 14.0. The van der Waals surface area contributed by atoms with Crippen LogP contribution in [0.25, 0.3) is 0 Å². The summed E-state index contributed by atoms with van der Waals surface area (Å²) in [7, 11) is 0. The van der Waals surface area contributed by atoms with Crippen molar-refractivity contribution in [2.75, 3.05) is 13.2 Å². The summed E-state index contributed by atoms with van der Waals surface area (Å²) in [5.74, 6) is 0.304. The molecule has 1 heterocycles. The third kappa shape index (κ3) is 3.22. The molecule has 3 rings (SSSR count). The minimum Gasteiger partial charge on any atom is -0.388 e. The Balaban J connectivity index is 1.64.